The molecule has 0 spiro atoms. The second-order valence-corrected chi connectivity index (χ2v) is 4.82. The van der Waals surface area contributed by atoms with E-state index in [1.165, 1.54) is 20.4 Å². The Labute approximate surface area is 107 Å². The summed E-state index contributed by atoms with van der Waals surface area (Å²) in [5, 5.41) is 10.7. The SMILES string of the molecule is CCC1CCC(O)(c2ncc(OC)nc2OC)C1. The van der Waals surface area contributed by atoms with Gasteiger partial charge < -0.3 is 14.6 Å². The summed E-state index contributed by atoms with van der Waals surface area (Å²) in [4.78, 5) is 8.46. The summed E-state index contributed by atoms with van der Waals surface area (Å²) in [6.07, 6.45) is 5.05. The van der Waals surface area contributed by atoms with E-state index in [2.05, 4.69) is 16.9 Å². The average Bonchev–Trinajstić information content (AvgIpc) is 2.81. The van der Waals surface area contributed by atoms with Crippen LogP contribution in [0.2, 0.25) is 0 Å². The fourth-order valence-corrected chi connectivity index (χ4v) is 2.60. The zero-order valence-corrected chi connectivity index (χ0v) is 11.1. The van der Waals surface area contributed by atoms with Crippen molar-refractivity contribution in [2.24, 2.45) is 5.92 Å². The number of hydrogen-bond acceptors (Lipinski definition) is 5. The van der Waals surface area contributed by atoms with E-state index in [1.807, 2.05) is 0 Å². The fraction of sp³-hybridized carbons (Fsp3) is 0.692. The smallest absolute Gasteiger partial charge is 0.241 e. The van der Waals surface area contributed by atoms with Crippen LogP contribution in [0, 0.1) is 5.92 Å². The van der Waals surface area contributed by atoms with Crippen molar-refractivity contribution in [1.29, 1.82) is 0 Å². The molecule has 5 heteroatoms. The largest absolute Gasteiger partial charge is 0.480 e. The van der Waals surface area contributed by atoms with Crippen LogP contribution < -0.4 is 9.47 Å². The Morgan fingerprint density at radius 3 is 2.78 bits per heavy atom. The van der Waals surface area contributed by atoms with Crippen molar-refractivity contribution < 1.29 is 14.6 Å². The predicted molar refractivity (Wildman–Crippen MR) is 66.7 cm³/mol. The van der Waals surface area contributed by atoms with Crippen LogP contribution in [-0.4, -0.2) is 29.3 Å². The molecule has 100 valence electrons. The van der Waals surface area contributed by atoms with Crippen LogP contribution in [0.5, 0.6) is 11.8 Å². The van der Waals surface area contributed by atoms with Gasteiger partial charge in [-0.05, 0) is 25.2 Å². The van der Waals surface area contributed by atoms with Gasteiger partial charge in [-0.15, -0.1) is 0 Å². The molecule has 1 aliphatic rings. The molecule has 2 unspecified atom stereocenters. The van der Waals surface area contributed by atoms with Crippen LogP contribution in [-0.2, 0) is 5.60 Å². The maximum atomic E-state index is 10.7. The summed E-state index contributed by atoms with van der Waals surface area (Å²) >= 11 is 0. The fourth-order valence-electron chi connectivity index (χ4n) is 2.60. The van der Waals surface area contributed by atoms with Crippen molar-refractivity contribution in [3.8, 4) is 11.8 Å². The Balaban J connectivity index is 2.32. The van der Waals surface area contributed by atoms with Gasteiger partial charge in [-0.1, -0.05) is 13.3 Å². The minimum absolute atomic E-state index is 0.355. The quantitative estimate of drug-likeness (QED) is 0.886. The van der Waals surface area contributed by atoms with E-state index in [1.54, 1.807) is 0 Å². The van der Waals surface area contributed by atoms with Gasteiger partial charge in [0.15, 0.2) is 0 Å². The third-order valence-corrected chi connectivity index (χ3v) is 3.73. The summed E-state index contributed by atoms with van der Waals surface area (Å²) in [7, 11) is 3.06. The summed E-state index contributed by atoms with van der Waals surface area (Å²) in [5.74, 6) is 1.29. The molecule has 5 nitrogen and oxygen atoms in total. The highest BCUT2D eigenvalue weighted by Gasteiger charge is 2.41. The van der Waals surface area contributed by atoms with Gasteiger partial charge in [0, 0.05) is 0 Å². The Morgan fingerprint density at radius 1 is 1.44 bits per heavy atom. The van der Waals surface area contributed by atoms with Gasteiger partial charge in [-0.25, -0.2) is 4.98 Å². The molecule has 0 bridgehead atoms. The second-order valence-electron chi connectivity index (χ2n) is 4.82. The average molecular weight is 252 g/mol. The van der Waals surface area contributed by atoms with Crippen LogP contribution in [0.4, 0.5) is 0 Å². The Kier molecular flexibility index (Phi) is 3.71. The second kappa shape index (κ2) is 5.10. The molecule has 0 radical (unpaired) electrons. The van der Waals surface area contributed by atoms with Gasteiger partial charge in [-0.2, -0.15) is 4.98 Å². The molecule has 18 heavy (non-hydrogen) atoms. The van der Waals surface area contributed by atoms with E-state index in [9.17, 15) is 5.11 Å². The first-order valence-corrected chi connectivity index (χ1v) is 6.31. The molecule has 0 amide bonds. The lowest BCUT2D eigenvalue weighted by Crippen LogP contribution is -2.24. The Hall–Kier alpha value is -1.36. The number of ether oxygens (including phenoxy) is 2. The summed E-state index contributed by atoms with van der Waals surface area (Å²) in [5.41, 5.74) is -0.382. The number of rotatable bonds is 4. The van der Waals surface area contributed by atoms with Crippen LogP contribution in [0.25, 0.3) is 0 Å². The number of aliphatic hydroxyl groups is 1. The third-order valence-electron chi connectivity index (χ3n) is 3.73. The molecule has 0 aliphatic heterocycles. The molecule has 2 atom stereocenters. The maximum Gasteiger partial charge on any atom is 0.241 e. The van der Waals surface area contributed by atoms with Gasteiger partial charge in [0.1, 0.15) is 11.3 Å². The molecule has 1 saturated carbocycles. The molecule has 1 heterocycles. The number of methoxy groups -OCH3 is 2. The topological polar surface area (TPSA) is 64.5 Å². The van der Waals surface area contributed by atoms with Crippen LogP contribution in [0.3, 0.4) is 0 Å². The summed E-state index contributed by atoms with van der Waals surface area (Å²) < 4.78 is 10.2. The van der Waals surface area contributed by atoms with E-state index in [0.717, 1.165) is 19.3 Å². The molecule has 0 saturated heterocycles. The third kappa shape index (κ3) is 2.27. The highest BCUT2D eigenvalue weighted by Crippen LogP contribution is 2.45. The van der Waals surface area contributed by atoms with E-state index in [4.69, 9.17) is 9.47 Å². The molecule has 0 aromatic carbocycles. The van der Waals surface area contributed by atoms with Crippen molar-refractivity contribution in [2.45, 2.75) is 38.2 Å². The molecule has 1 aromatic rings. The van der Waals surface area contributed by atoms with Crippen LogP contribution in [0.15, 0.2) is 6.20 Å². The predicted octanol–water partition coefficient (Wildman–Crippen LogP) is 1.89. The summed E-state index contributed by atoms with van der Waals surface area (Å²) in [6, 6.07) is 0. The number of hydrogen-bond donors (Lipinski definition) is 1. The molecule has 1 fully saturated rings. The first-order valence-electron chi connectivity index (χ1n) is 6.31. The standard InChI is InChI=1S/C13H20N2O3/c1-4-9-5-6-13(16,7-9)11-12(18-3)15-10(17-2)8-14-11/h8-9,16H,4-7H2,1-3H3. The van der Waals surface area contributed by atoms with Crippen molar-refractivity contribution in [2.75, 3.05) is 14.2 Å². The summed E-state index contributed by atoms with van der Waals surface area (Å²) in [6.45, 7) is 2.15. The minimum atomic E-state index is -0.911. The van der Waals surface area contributed by atoms with E-state index in [0.29, 0.717) is 29.8 Å². The maximum absolute atomic E-state index is 10.7. The van der Waals surface area contributed by atoms with Crippen molar-refractivity contribution >= 4 is 0 Å². The van der Waals surface area contributed by atoms with Crippen molar-refractivity contribution in [3.63, 3.8) is 0 Å². The molecule has 1 N–H and O–H groups in total. The lowest BCUT2D eigenvalue weighted by atomic mass is 9.95. The molecule has 2 rings (SSSR count). The minimum Gasteiger partial charge on any atom is -0.480 e. The first-order chi connectivity index (χ1) is 8.62. The lowest BCUT2D eigenvalue weighted by molar-refractivity contribution is 0.0318. The van der Waals surface area contributed by atoms with Gasteiger partial charge >= 0.3 is 0 Å². The van der Waals surface area contributed by atoms with Gasteiger partial charge in [0.2, 0.25) is 11.8 Å². The monoisotopic (exact) mass is 252 g/mol. The molecular formula is C13H20N2O3. The van der Waals surface area contributed by atoms with E-state index >= 15 is 0 Å². The molecular weight excluding hydrogens is 232 g/mol. The Bertz CT molecular complexity index is 425. The molecule has 1 aromatic heterocycles. The van der Waals surface area contributed by atoms with Crippen LogP contribution in [0.1, 0.15) is 38.3 Å². The van der Waals surface area contributed by atoms with E-state index in [-0.39, 0.29) is 0 Å². The zero-order chi connectivity index (χ0) is 13.2. The lowest BCUT2D eigenvalue weighted by Gasteiger charge is -2.23. The molecule has 1 aliphatic carbocycles. The normalized spacial score (nSPS) is 27.2. The van der Waals surface area contributed by atoms with E-state index < -0.39 is 5.60 Å². The van der Waals surface area contributed by atoms with Crippen LogP contribution >= 0.6 is 0 Å². The van der Waals surface area contributed by atoms with Gasteiger partial charge in [-0.3, -0.25) is 0 Å². The zero-order valence-electron chi connectivity index (χ0n) is 11.1. The highest BCUT2D eigenvalue weighted by molar-refractivity contribution is 5.29. The Morgan fingerprint density at radius 2 is 2.22 bits per heavy atom. The number of nitrogens with zero attached hydrogens (tertiary/aromatic N) is 2. The van der Waals surface area contributed by atoms with Gasteiger partial charge in [0.25, 0.3) is 0 Å². The van der Waals surface area contributed by atoms with Crippen molar-refractivity contribution in [3.05, 3.63) is 11.9 Å². The number of aromatic nitrogens is 2. The van der Waals surface area contributed by atoms with Gasteiger partial charge in [0.05, 0.1) is 20.4 Å². The van der Waals surface area contributed by atoms with Crippen molar-refractivity contribution in [1.82, 2.24) is 9.97 Å². The highest BCUT2D eigenvalue weighted by atomic mass is 16.5. The first kappa shape index (κ1) is 13.1.